The van der Waals surface area contributed by atoms with E-state index in [0.717, 1.165) is 11.3 Å². The largest absolute Gasteiger partial charge is 0.482 e. The van der Waals surface area contributed by atoms with Crippen molar-refractivity contribution >= 4 is 5.97 Å². The number of hydrogen-bond acceptors (Lipinski definition) is 7. The second kappa shape index (κ2) is 8.28. The van der Waals surface area contributed by atoms with Gasteiger partial charge in [-0.05, 0) is 44.2 Å². The molecular weight excluding hydrogens is 396 g/mol. The number of nitriles is 1. The number of allylic oxidation sites excluding steroid dienone is 1. The highest BCUT2D eigenvalue weighted by atomic mass is 16.6. The molecule has 0 spiro atoms. The average Bonchev–Trinajstić information content (AvgIpc) is 3.18. The van der Waals surface area contributed by atoms with Gasteiger partial charge in [0.05, 0.1) is 5.92 Å². The molecule has 0 amide bonds. The van der Waals surface area contributed by atoms with Crippen molar-refractivity contribution in [3.63, 3.8) is 0 Å². The van der Waals surface area contributed by atoms with Crippen molar-refractivity contribution in [1.82, 2.24) is 0 Å². The second-order valence-electron chi connectivity index (χ2n) is 7.15. The highest BCUT2D eigenvalue weighted by Gasteiger charge is 2.33. The number of nitrogens with two attached hydrogens (primary N) is 1. The van der Waals surface area contributed by atoms with Crippen molar-refractivity contribution in [1.29, 1.82) is 5.26 Å². The Hall–Kier alpha value is -4.18. The number of carbonyl (C=O) groups is 1. The van der Waals surface area contributed by atoms with Crippen molar-refractivity contribution < 1.29 is 23.4 Å². The predicted octanol–water partition coefficient (Wildman–Crippen LogP) is 4.10. The zero-order valence-electron chi connectivity index (χ0n) is 17.0. The van der Waals surface area contributed by atoms with Gasteiger partial charge in [-0.3, -0.25) is 0 Å². The van der Waals surface area contributed by atoms with E-state index in [9.17, 15) is 10.1 Å². The molecular formula is C24H20N2O5. The first-order chi connectivity index (χ1) is 14.9. The van der Waals surface area contributed by atoms with Gasteiger partial charge in [0.25, 0.3) is 0 Å². The lowest BCUT2D eigenvalue weighted by Gasteiger charge is -2.25. The summed E-state index contributed by atoms with van der Waals surface area (Å²) >= 11 is 0. The van der Waals surface area contributed by atoms with Crippen molar-refractivity contribution in [3.8, 4) is 23.3 Å². The molecule has 2 N–H and O–H groups in total. The molecule has 1 aliphatic rings. The molecule has 0 radical (unpaired) electrons. The molecule has 1 unspecified atom stereocenters. The number of furan rings is 1. The normalized spacial score (nSPS) is 14.9. The van der Waals surface area contributed by atoms with Crippen LogP contribution in [0.3, 0.4) is 0 Å². The first-order valence-corrected chi connectivity index (χ1v) is 9.62. The van der Waals surface area contributed by atoms with E-state index in [2.05, 4.69) is 6.07 Å². The number of rotatable bonds is 5. The van der Waals surface area contributed by atoms with Gasteiger partial charge in [0, 0.05) is 11.6 Å². The maximum absolute atomic E-state index is 12.2. The van der Waals surface area contributed by atoms with Crippen molar-refractivity contribution in [2.24, 2.45) is 5.73 Å². The van der Waals surface area contributed by atoms with Gasteiger partial charge in [0.15, 0.2) is 6.61 Å². The van der Waals surface area contributed by atoms with Crippen LogP contribution in [0.4, 0.5) is 0 Å². The zero-order chi connectivity index (χ0) is 22.0. The summed E-state index contributed by atoms with van der Waals surface area (Å²) in [5.74, 6) is 1.47. The average molecular weight is 416 g/mol. The summed E-state index contributed by atoms with van der Waals surface area (Å²) in [5, 5.41) is 9.57. The Kier molecular flexibility index (Phi) is 5.37. The zero-order valence-corrected chi connectivity index (χ0v) is 17.0. The number of fused-ring (bicyclic) bond motifs is 1. The Morgan fingerprint density at radius 1 is 1.10 bits per heavy atom. The van der Waals surface area contributed by atoms with Crippen LogP contribution in [0.15, 0.2) is 70.5 Å². The van der Waals surface area contributed by atoms with Crippen LogP contribution in [0.2, 0.25) is 0 Å². The highest BCUT2D eigenvalue weighted by molar-refractivity contribution is 5.74. The van der Waals surface area contributed by atoms with Crippen LogP contribution >= 0.6 is 0 Å². The summed E-state index contributed by atoms with van der Waals surface area (Å²) in [7, 11) is 0. The molecule has 156 valence electrons. The molecule has 1 atom stereocenters. The number of carbonyl (C=O) groups excluding carboxylic acids is 1. The first-order valence-electron chi connectivity index (χ1n) is 9.62. The number of hydrogen-bond donors (Lipinski definition) is 1. The Morgan fingerprint density at radius 3 is 2.52 bits per heavy atom. The Bertz CT molecular complexity index is 1200. The van der Waals surface area contributed by atoms with E-state index < -0.39 is 11.9 Å². The Morgan fingerprint density at radius 2 is 1.84 bits per heavy atom. The van der Waals surface area contributed by atoms with E-state index in [0.29, 0.717) is 22.8 Å². The van der Waals surface area contributed by atoms with Gasteiger partial charge < -0.3 is 24.4 Å². The third-order valence-corrected chi connectivity index (χ3v) is 4.85. The monoisotopic (exact) mass is 416 g/mol. The first kappa shape index (κ1) is 20.1. The second-order valence-corrected chi connectivity index (χ2v) is 7.15. The van der Waals surface area contributed by atoms with Crippen LogP contribution in [-0.2, 0) is 4.79 Å². The predicted molar refractivity (Wildman–Crippen MR) is 111 cm³/mol. The SMILES string of the molecule is Cc1ccc(OCC(=O)Oc2ccc3c(c2)OC(N)=C(C#N)C3c2ccc(C)o2)cc1. The lowest BCUT2D eigenvalue weighted by molar-refractivity contribution is -0.136. The van der Waals surface area contributed by atoms with E-state index >= 15 is 0 Å². The van der Waals surface area contributed by atoms with Gasteiger partial charge in [0.2, 0.25) is 5.88 Å². The Labute approximate surface area is 179 Å². The standard InChI is InChI=1S/C24H20N2O5/c1-14-3-6-16(7-4-14)28-13-22(27)30-17-8-9-18-21(11-17)31-24(26)19(12-25)23(18)20-10-5-15(2)29-20/h3-11,23H,13,26H2,1-2H3. The van der Waals surface area contributed by atoms with E-state index in [4.69, 9.17) is 24.4 Å². The number of ether oxygens (including phenoxy) is 3. The molecule has 3 aromatic rings. The van der Waals surface area contributed by atoms with E-state index in [-0.39, 0.29) is 23.8 Å². The fourth-order valence-corrected chi connectivity index (χ4v) is 3.34. The van der Waals surface area contributed by atoms with E-state index in [1.165, 1.54) is 0 Å². The lowest BCUT2D eigenvalue weighted by atomic mass is 9.87. The van der Waals surface area contributed by atoms with Crippen LogP contribution in [0, 0.1) is 25.2 Å². The molecule has 7 nitrogen and oxygen atoms in total. The molecule has 0 saturated heterocycles. The van der Waals surface area contributed by atoms with E-state index in [1.807, 2.05) is 32.0 Å². The molecule has 4 rings (SSSR count). The van der Waals surface area contributed by atoms with Crippen LogP contribution in [0.25, 0.3) is 0 Å². The summed E-state index contributed by atoms with van der Waals surface area (Å²) < 4.78 is 22.2. The summed E-state index contributed by atoms with van der Waals surface area (Å²) in [6.07, 6.45) is 0. The van der Waals surface area contributed by atoms with Crippen LogP contribution in [0.1, 0.15) is 28.6 Å². The van der Waals surface area contributed by atoms with Gasteiger partial charge in [-0.15, -0.1) is 0 Å². The van der Waals surface area contributed by atoms with Crippen molar-refractivity contribution in [2.45, 2.75) is 19.8 Å². The summed E-state index contributed by atoms with van der Waals surface area (Å²) in [6.45, 7) is 3.55. The fraction of sp³-hybridized carbons (Fsp3) is 0.167. The third-order valence-electron chi connectivity index (χ3n) is 4.85. The van der Waals surface area contributed by atoms with Gasteiger partial charge >= 0.3 is 5.97 Å². The van der Waals surface area contributed by atoms with Crippen LogP contribution in [-0.4, -0.2) is 12.6 Å². The Balaban J connectivity index is 1.52. The maximum atomic E-state index is 12.2. The fourth-order valence-electron chi connectivity index (χ4n) is 3.34. The molecule has 2 aromatic carbocycles. The molecule has 1 aromatic heterocycles. The molecule has 7 heteroatoms. The van der Waals surface area contributed by atoms with Crippen molar-refractivity contribution in [2.75, 3.05) is 6.61 Å². The molecule has 0 aliphatic carbocycles. The van der Waals surface area contributed by atoms with E-state index in [1.54, 1.807) is 36.4 Å². The number of nitrogens with zero attached hydrogens (tertiary/aromatic N) is 1. The van der Waals surface area contributed by atoms with Gasteiger partial charge in [-0.25, -0.2) is 4.79 Å². The van der Waals surface area contributed by atoms with Crippen molar-refractivity contribution in [3.05, 3.63) is 88.7 Å². The summed E-state index contributed by atoms with van der Waals surface area (Å²) in [6, 6.07) is 18.0. The molecule has 0 saturated carbocycles. The number of aryl methyl sites for hydroxylation is 2. The maximum Gasteiger partial charge on any atom is 0.349 e. The van der Waals surface area contributed by atoms with Crippen LogP contribution < -0.4 is 19.9 Å². The minimum Gasteiger partial charge on any atom is -0.482 e. The highest BCUT2D eigenvalue weighted by Crippen LogP contribution is 2.43. The molecule has 31 heavy (non-hydrogen) atoms. The summed E-state index contributed by atoms with van der Waals surface area (Å²) in [4.78, 5) is 12.2. The molecule has 1 aliphatic heterocycles. The number of esters is 1. The van der Waals surface area contributed by atoms with Gasteiger partial charge in [0.1, 0.15) is 40.4 Å². The topological polar surface area (TPSA) is 108 Å². The molecule has 0 bridgehead atoms. The van der Waals surface area contributed by atoms with Gasteiger partial charge in [-0.1, -0.05) is 23.8 Å². The quantitative estimate of drug-likeness (QED) is 0.493. The third kappa shape index (κ3) is 4.23. The molecule has 0 fully saturated rings. The number of benzene rings is 2. The summed E-state index contributed by atoms with van der Waals surface area (Å²) in [5.41, 5.74) is 8.03. The minimum absolute atomic E-state index is 0.0137. The lowest BCUT2D eigenvalue weighted by Crippen LogP contribution is -2.21. The smallest absolute Gasteiger partial charge is 0.349 e. The molecule has 2 heterocycles. The minimum atomic E-state index is -0.559. The van der Waals surface area contributed by atoms with Crippen LogP contribution in [0.5, 0.6) is 17.2 Å². The van der Waals surface area contributed by atoms with Gasteiger partial charge in [-0.2, -0.15) is 5.26 Å².